The summed E-state index contributed by atoms with van der Waals surface area (Å²) in [5.41, 5.74) is -1.18. The van der Waals surface area contributed by atoms with Crippen LogP contribution in [0.5, 0.6) is 0 Å². The van der Waals surface area contributed by atoms with E-state index in [0.29, 0.717) is 6.42 Å². The van der Waals surface area contributed by atoms with Gasteiger partial charge in [0.05, 0.1) is 5.60 Å². The second kappa shape index (κ2) is 4.89. The monoisotopic (exact) mass is 225 g/mol. The molecular formula is C10H15N3O3. The van der Waals surface area contributed by atoms with Crippen molar-refractivity contribution >= 4 is 5.91 Å². The lowest BCUT2D eigenvalue weighted by molar-refractivity contribution is 0.0516. The number of nitrogens with one attached hydrogen (secondary N) is 2. The van der Waals surface area contributed by atoms with Crippen LogP contribution in [0.3, 0.4) is 0 Å². The Balaban J connectivity index is 2.60. The Morgan fingerprint density at radius 1 is 1.62 bits per heavy atom. The number of nitrogens with zero attached hydrogens (tertiary/aromatic N) is 1. The third kappa shape index (κ3) is 3.47. The first-order valence-corrected chi connectivity index (χ1v) is 5.01. The van der Waals surface area contributed by atoms with Crippen LogP contribution in [-0.4, -0.2) is 33.4 Å². The molecule has 0 fully saturated rings. The zero-order chi connectivity index (χ0) is 12.2. The molecule has 1 atom stereocenters. The highest BCUT2D eigenvalue weighted by Gasteiger charge is 2.19. The van der Waals surface area contributed by atoms with Gasteiger partial charge in [-0.2, -0.15) is 5.10 Å². The van der Waals surface area contributed by atoms with Gasteiger partial charge in [-0.25, -0.2) is 5.10 Å². The van der Waals surface area contributed by atoms with Crippen molar-refractivity contribution in [3.05, 3.63) is 28.2 Å². The maximum atomic E-state index is 11.5. The highest BCUT2D eigenvalue weighted by atomic mass is 16.3. The van der Waals surface area contributed by atoms with E-state index in [-0.39, 0.29) is 17.8 Å². The molecule has 0 aliphatic carbocycles. The molecule has 1 rings (SSSR count). The lowest BCUT2D eigenvalue weighted by atomic mass is 10.0. The van der Waals surface area contributed by atoms with Crippen LogP contribution in [0.4, 0.5) is 0 Å². The van der Waals surface area contributed by atoms with Crippen LogP contribution in [0, 0.1) is 0 Å². The summed E-state index contributed by atoms with van der Waals surface area (Å²) in [4.78, 5) is 22.2. The number of aliphatic hydroxyl groups is 1. The van der Waals surface area contributed by atoms with Crippen molar-refractivity contribution in [2.24, 2.45) is 0 Å². The highest BCUT2D eigenvalue weighted by molar-refractivity contribution is 5.91. The van der Waals surface area contributed by atoms with Gasteiger partial charge in [-0.15, -0.1) is 0 Å². The number of aromatic amines is 1. The Hall–Kier alpha value is -1.69. The average molecular weight is 225 g/mol. The van der Waals surface area contributed by atoms with E-state index in [1.54, 1.807) is 6.92 Å². The first-order chi connectivity index (χ1) is 7.44. The molecule has 0 aliphatic heterocycles. The molecule has 0 saturated heterocycles. The molecule has 1 aromatic rings. The standard InChI is InChI=1S/C10H15N3O3/c1-3-10(2,16)6-11-9(15)7-4-5-8(14)13-12-7/h4-5,16H,3,6H2,1-2H3,(H,11,15)(H,13,14). The van der Waals surface area contributed by atoms with Crippen LogP contribution in [0.25, 0.3) is 0 Å². The first kappa shape index (κ1) is 12.4. The van der Waals surface area contributed by atoms with Crippen molar-refractivity contribution in [3.8, 4) is 0 Å². The SMILES string of the molecule is CCC(C)(O)CNC(=O)c1ccc(=O)[nH]n1. The fraction of sp³-hybridized carbons (Fsp3) is 0.500. The van der Waals surface area contributed by atoms with Crippen molar-refractivity contribution in [3.63, 3.8) is 0 Å². The summed E-state index contributed by atoms with van der Waals surface area (Å²) in [6.45, 7) is 3.60. The Morgan fingerprint density at radius 2 is 2.31 bits per heavy atom. The molecule has 1 aromatic heterocycles. The van der Waals surface area contributed by atoms with Gasteiger partial charge in [0.1, 0.15) is 5.69 Å². The summed E-state index contributed by atoms with van der Waals surface area (Å²) in [5.74, 6) is -0.426. The number of hydrogen-bond donors (Lipinski definition) is 3. The number of aromatic nitrogens is 2. The molecule has 0 saturated carbocycles. The normalized spacial score (nSPS) is 14.2. The van der Waals surface area contributed by atoms with Crippen molar-refractivity contribution in [2.75, 3.05) is 6.54 Å². The topological polar surface area (TPSA) is 95.1 Å². The highest BCUT2D eigenvalue weighted by Crippen LogP contribution is 2.06. The summed E-state index contributed by atoms with van der Waals surface area (Å²) >= 11 is 0. The average Bonchev–Trinajstić information content (AvgIpc) is 2.27. The minimum atomic E-state index is -0.933. The molecule has 88 valence electrons. The van der Waals surface area contributed by atoms with Crippen LogP contribution in [0.15, 0.2) is 16.9 Å². The summed E-state index contributed by atoms with van der Waals surface area (Å²) in [6.07, 6.45) is 0.534. The molecule has 3 N–H and O–H groups in total. The van der Waals surface area contributed by atoms with E-state index in [1.807, 2.05) is 6.92 Å². The first-order valence-electron chi connectivity index (χ1n) is 5.01. The molecule has 0 spiro atoms. The Bertz CT molecular complexity index is 405. The van der Waals surface area contributed by atoms with Gasteiger partial charge in [0.15, 0.2) is 0 Å². The van der Waals surface area contributed by atoms with Gasteiger partial charge in [-0.3, -0.25) is 9.59 Å². The second-order valence-electron chi connectivity index (χ2n) is 3.84. The quantitative estimate of drug-likeness (QED) is 0.653. The minimum Gasteiger partial charge on any atom is -0.388 e. The van der Waals surface area contributed by atoms with E-state index in [0.717, 1.165) is 0 Å². The number of hydrogen-bond acceptors (Lipinski definition) is 4. The van der Waals surface area contributed by atoms with E-state index >= 15 is 0 Å². The fourth-order valence-corrected chi connectivity index (χ4v) is 0.957. The van der Waals surface area contributed by atoms with Crippen molar-refractivity contribution in [2.45, 2.75) is 25.9 Å². The summed E-state index contributed by atoms with van der Waals surface area (Å²) in [7, 11) is 0. The summed E-state index contributed by atoms with van der Waals surface area (Å²) in [6, 6.07) is 2.55. The summed E-state index contributed by atoms with van der Waals surface area (Å²) in [5, 5.41) is 17.9. The molecule has 0 aromatic carbocycles. The number of carbonyl (C=O) groups excluding carboxylic acids is 1. The molecule has 0 aliphatic rings. The van der Waals surface area contributed by atoms with Gasteiger partial charge >= 0.3 is 0 Å². The minimum absolute atomic E-state index is 0.117. The molecule has 0 radical (unpaired) electrons. The lowest BCUT2D eigenvalue weighted by Gasteiger charge is -2.21. The zero-order valence-electron chi connectivity index (χ0n) is 9.28. The van der Waals surface area contributed by atoms with E-state index in [4.69, 9.17) is 0 Å². The van der Waals surface area contributed by atoms with Crippen LogP contribution in [-0.2, 0) is 0 Å². The summed E-state index contributed by atoms with van der Waals surface area (Å²) < 4.78 is 0. The third-order valence-electron chi connectivity index (χ3n) is 2.30. The molecule has 1 unspecified atom stereocenters. The third-order valence-corrected chi connectivity index (χ3v) is 2.30. The molecule has 1 amide bonds. The van der Waals surface area contributed by atoms with Crippen LogP contribution >= 0.6 is 0 Å². The second-order valence-corrected chi connectivity index (χ2v) is 3.84. The number of carbonyl (C=O) groups is 1. The van der Waals surface area contributed by atoms with Crippen molar-refractivity contribution < 1.29 is 9.90 Å². The Labute approximate surface area is 92.7 Å². The van der Waals surface area contributed by atoms with E-state index in [1.165, 1.54) is 12.1 Å². The predicted octanol–water partition coefficient (Wildman–Crippen LogP) is -0.339. The fourth-order valence-electron chi connectivity index (χ4n) is 0.957. The predicted molar refractivity (Wildman–Crippen MR) is 58.1 cm³/mol. The van der Waals surface area contributed by atoms with Crippen molar-refractivity contribution in [1.29, 1.82) is 0 Å². The van der Waals surface area contributed by atoms with Crippen LogP contribution in [0.2, 0.25) is 0 Å². The van der Waals surface area contributed by atoms with Gasteiger partial charge in [0, 0.05) is 12.6 Å². The molecule has 6 nitrogen and oxygen atoms in total. The number of H-pyrrole nitrogens is 1. The zero-order valence-corrected chi connectivity index (χ0v) is 9.28. The Morgan fingerprint density at radius 3 is 2.81 bits per heavy atom. The number of amides is 1. The van der Waals surface area contributed by atoms with Gasteiger partial charge in [0.2, 0.25) is 0 Å². The van der Waals surface area contributed by atoms with E-state index < -0.39 is 11.5 Å². The largest absolute Gasteiger partial charge is 0.388 e. The van der Waals surface area contributed by atoms with Gasteiger partial charge in [-0.1, -0.05) is 6.92 Å². The number of rotatable bonds is 4. The van der Waals surface area contributed by atoms with Crippen molar-refractivity contribution in [1.82, 2.24) is 15.5 Å². The molecular weight excluding hydrogens is 210 g/mol. The maximum Gasteiger partial charge on any atom is 0.271 e. The van der Waals surface area contributed by atoms with Gasteiger partial charge < -0.3 is 10.4 Å². The van der Waals surface area contributed by atoms with E-state index in [2.05, 4.69) is 15.5 Å². The van der Waals surface area contributed by atoms with Gasteiger partial charge in [0.25, 0.3) is 11.5 Å². The van der Waals surface area contributed by atoms with Gasteiger partial charge in [-0.05, 0) is 19.4 Å². The van der Waals surface area contributed by atoms with Crippen LogP contribution < -0.4 is 10.9 Å². The van der Waals surface area contributed by atoms with Crippen LogP contribution in [0.1, 0.15) is 30.8 Å². The smallest absolute Gasteiger partial charge is 0.271 e. The van der Waals surface area contributed by atoms with E-state index in [9.17, 15) is 14.7 Å². The molecule has 6 heteroatoms. The Kier molecular flexibility index (Phi) is 3.78. The molecule has 16 heavy (non-hydrogen) atoms. The lowest BCUT2D eigenvalue weighted by Crippen LogP contribution is -2.40. The maximum absolute atomic E-state index is 11.5. The molecule has 0 bridgehead atoms. The molecule has 1 heterocycles.